The Morgan fingerprint density at radius 2 is 1.56 bits per heavy atom. The van der Waals surface area contributed by atoms with Crippen molar-refractivity contribution < 1.29 is 58.2 Å². The Hall–Kier alpha value is -3.32. The molecule has 12 heteroatoms. The lowest BCUT2D eigenvalue weighted by Crippen LogP contribution is -2.79. The van der Waals surface area contributed by atoms with Crippen LogP contribution in [0.4, 0.5) is 0 Å². The third kappa shape index (κ3) is 4.88. The van der Waals surface area contributed by atoms with Gasteiger partial charge in [-0.3, -0.25) is 14.4 Å². The van der Waals surface area contributed by atoms with E-state index in [2.05, 4.69) is 0 Å². The van der Waals surface area contributed by atoms with E-state index in [1.54, 1.807) is 44.2 Å². The first-order valence-electron chi connectivity index (χ1n) is 15.1. The van der Waals surface area contributed by atoms with Crippen molar-refractivity contribution in [2.45, 2.75) is 109 Å². The summed E-state index contributed by atoms with van der Waals surface area (Å²) in [6.45, 7) is 9.66. The van der Waals surface area contributed by atoms with Gasteiger partial charge in [0.2, 0.25) is 0 Å². The fraction of sp³-hybridized carbons (Fsp3) is 0.636. The van der Waals surface area contributed by atoms with Crippen LogP contribution in [0.2, 0.25) is 0 Å². The number of aliphatic hydroxyl groups is 3. The topological polar surface area (TPSA) is 175 Å². The van der Waals surface area contributed by atoms with Crippen molar-refractivity contribution in [3.63, 3.8) is 0 Å². The zero-order valence-corrected chi connectivity index (χ0v) is 26.6. The molecule has 10 atom stereocenters. The Balaban J connectivity index is 1.88. The van der Waals surface area contributed by atoms with Crippen molar-refractivity contribution in [3.05, 3.63) is 47.0 Å². The zero-order chi connectivity index (χ0) is 33.3. The van der Waals surface area contributed by atoms with Crippen LogP contribution >= 0.6 is 0 Å². The van der Waals surface area contributed by atoms with E-state index in [0.29, 0.717) is 5.57 Å². The normalized spacial score (nSPS) is 38.8. The molecule has 4 aliphatic rings. The van der Waals surface area contributed by atoms with Crippen LogP contribution in [0.15, 0.2) is 41.5 Å². The molecule has 2 saturated carbocycles. The van der Waals surface area contributed by atoms with Gasteiger partial charge < -0.3 is 39.0 Å². The second-order valence-corrected chi connectivity index (χ2v) is 13.5. The van der Waals surface area contributed by atoms with Crippen LogP contribution in [0, 0.1) is 16.7 Å². The summed E-state index contributed by atoms with van der Waals surface area (Å²) in [4.78, 5) is 52.1. The van der Waals surface area contributed by atoms with E-state index in [9.17, 15) is 34.5 Å². The molecule has 1 saturated heterocycles. The van der Waals surface area contributed by atoms with Crippen LogP contribution in [0.5, 0.6) is 0 Å². The van der Waals surface area contributed by atoms with E-state index < -0.39 is 88.5 Å². The van der Waals surface area contributed by atoms with E-state index in [1.807, 2.05) is 0 Å². The fourth-order valence-electron chi connectivity index (χ4n) is 8.71. The Morgan fingerprint density at radius 3 is 2.07 bits per heavy atom. The maximum atomic E-state index is 13.8. The summed E-state index contributed by atoms with van der Waals surface area (Å²) in [5.41, 5.74) is -6.00. The van der Waals surface area contributed by atoms with E-state index in [-0.39, 0.29) is 30.6 Å². The number of carbonyl (C=O) groups is 4. The minimum absolute atomic E-state index is 0.00503. The molecule has 1 heterocycles. The van der Waals surface area contributed by atoms with Gasteiger partial charge in [0.25, 0.3) is 0 Å². The third-order valence-corrected chi connectivity index (χ3v) is 10.5. The van der Waals surface area contributed by atoms with E-state index in [4.69, 9.17) is 23.7 Å². The molecule has 12 nitrogen and oxygen atoms in total. The summed E-state index contributed by atoms with van der Waals surface area (Å²) in [7, 11) is 0. The molecule has 0 bridgehead atoms. The van der Waals surface area contributed by atoms with Gasteiger partial charge in [-0.2, -0.15) is 0 Å². The van der Waals surface area contributed by atoms with Crippen LogP contribution in [0.3, 0.4) is 0 Å². The van der Waals surface area contributed by atoms with Crippen molar-refractivity contribution in [3.8, 4) is 0 Å². The average molecular weight is 631 g/mol. The Morgan fingerprint density at radius 1 is 0.933 bits per heavy atom. The molecule has 3 fully saturated rings. The lowest BCUT2D eigenvalue weighted by molar-refractivity contribution is -0.352. The van der Waals surface area contributed by atoms with Gasteiger partial charge in [-0.05, 0) is 50.5 Å². The monoisotopic (exact) mass is 630 g/mol. The molecule has 246 valence electrons. The van der Waals surface area contributed by atoms with E-state index >= 15 is 0 Å². The molecule has 3 N–H and O–H groups in total. The summed E-state index contributed by atoms with van der Waals surface area (Å²) >= 11 is 0. The van der Waals surface area contributed by atoms with Gasteiger partial charge in [-0.15, -0.1) is 0 Å². The maximum Gasteiger partial charge on any atom is 0.338 e. The van der Waals surface area contributed by atoms with Crippen LogP contribution in [0.1, 0.15) is 71.7 Å². The van der Waals surface area contributed by atoms with Gasteiger partial charge >= 0.3 is 23.9 Å². The highest BCUT2D eigenvalue weighted by Crippen LogP contribution is 2.68. The summed E-state index contributed by atoms with van der Waals surface area (Å²) < 4.78 is 30.3. The minimum atomic E-state index is -1.78. The molecule has 45 heavy (non-hydrogen) atoms. The number of aliphatic hydroxyl groups excluding tert-OH is 2. The maximum absolute atomic E-state index is 13.8. The van der Waals surface area contributed by atoms with Crippen molar-refractivity contribution in [2.75, 3.05) is 6.61 Å². The Bertz CT molecular complexity index is 1410. The minimum Gasteiger partial charge on any atom is -0.462 e. The quantitative estimate of drug-likeness (QED) is 0.237. The number of ether oxygens (including phenoxy) is 5. The fourth-order valence-corrected chi connectivity index (χ4v) is 8.71. The number of hydrogen-bond acceptors (Lipinski definition) is 12. The standard InChI is InChI=1S/C33H42O12/c1-16-21(37)14-32(30(5,6)40)24(16)25(38)27(44-29(39)20-11-9-8-10-12-20)31(7)22(42-17(2)34)13-23-33(15-41-23,45-19(4)36)26(31)28(32)43-18(3)35/h8-12,21-23,25-28,37-38,40H,13-15H2,1-7H3. The molecule has 0 spiro atoms. The highest BCUT2D eigenvalue weighted by molar-refractivity contribution is 5.89. The predicted octanol–water partition coefficient (Wildman–Crippen LogP) is 2.02. The number of carbonyl (C=O) groups excluding carboxylic acids is 4. The molecule has 3 aliphatic carbocycles. The van der Waals surface area contributed by atoms with Gasteiger partial charge in [0.15, 0.2) is 5.60 Å². The lowest BCUT2D eigenvalue weighted by Gasteiger charge is -2.65. The van der Waals surface area contributed by atoms with E-state index in [1.165, 1.54) is 34.6 Å². The molecule has 5 rings (SSSR count). The van der Waals surface area contributed by atoms with Gasteiger partial charge in [0, 0.05) is 27.2 Å². The molecule has 1 aromatic rings. The summed E-state index contributed by atoms with van der Waals surface area (Å²) in [6.07, 6.45) is -7.94. The summed E-state index contributed by atoms with van der Waals surface area (Å²) in [5, 5.41) is 35.9. The molecule has 1 aliphatic heterocycles. The number of esters is 4. The van der Waals surface area contributed by atoms with Gasteiger partial charge in [0.1, 0.15) is 30.5 Å². The van der Waals surface area contributed by atoms with Crippen molar-refractivity contribution in [1.82, 2.24) is 0 Å². The SMILES string of the molecule is CC(=O)OC1CC2OCC2(OC(C)=O)C2C(OC(C)=O)C3(C(C)(C)O)CC(O)C(C)=C3C(O)C(OC(=O)c3ccccc3)C12C. The van der Waals surface area contributed by atoms with Crippen LogP contribution in [-0.2, 0) is 38.1 Å². The van der Waals surface area contributed by atoms with Gasteiger partial charge in [0.05, 0.1) is 40.6 Å². The van der Waals surface area contributed by atoms with Crippen molar-refractivity contribution in [1.29, 1.82) is 0 Å². The van der Waals surface area contributed by atoms with Gasteiger partial charge in [-0.25, -0.2) is 4.79 Å². The number of fused-ring (bicyclic) bond motifs is 4. The number of hydrogen-bond donors (Lipinski definition) is 3. The molecule has 10 unspecified atom stereocenters. The molecule has 1 aromatic carbocycles. The van der Waals surface area contributed by atoms with Crippen LogP contribution in [0.25, 0.3) is 0 Å². The largest absolute Gasteiger partial charge is 0.462 e. The first-order valence-corrected chi connectivity index (χ1v) is 15.1. The second-order valence-electron chi connectivity index (χ2n) is 13.5. The lowest BCUT2D eigenvalue weighted by atomic mass is 9.49. The summed E-state index contributed by atoms with van der Waals surface area (Å²) in [6, 6.07) is 8.10. The Labute approximate surface area is 261 Å². The average Bonchev–Trinajstić information content (AvgIpc) is 3.18. The molecule has 0 aromatic heterocycles. The molecular formula is C33H42O12. The Kier molecular flexibility index (Phi) is 8.21. The van der Waals surface area contributed by atoms with Crippen LogP contribution in [-0.4, -0.2) is 93.6 Å². The summed E-state index contributed by atoms with van der Waals surface area (Å²) in [5.74, 6) is -4.08. The molecule has 0 amide bonds. The van der Waals surface area contributed by atoms with Gasteiger partial charge in [-0.1, -0.05) is 25.1 Å². The van der Waals surface area contributed by atoms with Crippen molar-refractivity contribution in [2.24, 2.45) is 16.7 Å². The van der Waals surface area contributed by atoms with E-state index in [0.717, 1.165) is 0 Å². The smallest absolute Gasteiger partial charge is 0.338 e. The highest BCUT2D eigenvalue weighted by atomic mass is 16.6. The number of rotatable bonds is 6. The first kappa shape index (κ1) is 33.1. The molecular weight excluding hydrogens is 588 g/mol. The zero-order valence-electron chi connectivity index (χ0n) is 26.6. The molecule has 0 radical (unpaired) electrons. The van der Waals surface area contributed by atoms with Crippen LogP contribution < -0.4 is 0 Å². The third-order valence-electron chi connectivity index (χ3n) is 10.5. The predicted molar refractivity (Wildman–Crippen MR) is 155 cm³/mol. The highest BCUT2D eigenvalue weighted by Gasteiger charge is 2.80. The van der Waals surface area contributed by atoms with Crippen molar-refractivity contribution >= 4 is 23.9 Å². The second kappa shape index (κ2) is 11.2. The number of benzene rings is 1. The first-order chi connectivity index (χ1) is 20.9.